The first-order valence-electron chi connectivity index (χ1n) is 9.43. The van der Waals surface area contributed by atoms with Gasteiger partial charge in [0.2, 0.25) is 0 Å². The number of nitrogens with one attached hydrogen (secondary N) is 1. The van der Waals surface area contributed by atoms with Crippen molar-refractivity contribution in [3.63, 3.8) is 0 Å². The van der Waals surface area contributed by atoms with Crippen molar-refractivity contribution in [1.29, 1.82) is 0 Å². The average molecular weight is 450 g/mol. The van der Waals surface area contributed by atoms with Crippen LogP contribution in [0, 0.1) is 6.92 Å². The number of hydrogen-bond donors (Lipinski definition) is 1. The first-order valence-corrected chi connectivity index (χ1v) is 12.0. The Morgan fingerprint density at radius 2 is 2.10 bits per heavy atom. The molecule has 1 saturated heterocycles. The fraction of sp³-hybridized carbons (Fsp3) is 0.333. The molecule has 1 fully saturated rings. The Morgan fingerprint density at radius 1 is 1.28 bits per heavy atom. The molecule has 5 nitrogen and oxygen atoms in total. The molecule has 3 heterocycles. The molecule has 2 aromatic carbocycles. The minimum absolute atomic E-state index is 0.0488. The van der Waals surface area contributed by atoms with E-state index in [0.717, 1.165) is 40.9 Å². The van der Waals surface area contributed by atoms with Crippen molar-refractivity contribution in [3.05, 3.63) is 52.5 Å². The fourth-order valence-corrected chi connectivity index (χ4v) is 7.07. The summed E-state index contributed by atoms with van der Waals surface area (Å²) in [6, 6.07) is 10.7. The molecule has 2 aliphatic heterocycles. The summed E-state index contributed by atoms with van der Waals surface area (Å²) in [5.74, 6) is 1.11. The van der Waals surface area contributed by atoms with E-state index in [-0.39, 0.29) is 15.7 Å². The van der Waals surface area contributed by atoms with Gasteiger partial charge >= 0.3 is 10.1 Å². The maximum atomic E-state index is 13.1. The summed E-state index contributed by atoms with van der Waals surface area (Å²) in [4.78, 5) is 0. The van der Waals surface area contributed by atoms with Crippen LogP contribution in [0.2, 0.25) is 5.02 Å². The highest BCUT2D eigenvalue weighted by molar-refractivity contribution is 7.89. The standard InChI is InChI=1S/C21H20ClNO4S2/c1-12-15-9-13(22)3-6-18(15)28-20(12)29(24,25)27-14-4-5-17-16(10-14)21(2)7-8-23-11-19(21)26-17/h3-6,9-10,19,23H,7-8,11H2,1-2H3. The molecule has 2 aliphatic rings. The SMILES string of the molecule is Cc1c(S(=O)(=O)Oc2ccc3c(c2)C2(C)CCNCC2O3)sc2ccc(Cl)cc12. The number of fused-ring (bicyclic) bond motifs is 4. The van der Waals surface area contributed by atoms with Crippen molar-refractivity contribution in [2.45, 2.75) is 36.0 Å². The molecule has 1 N–H and O–H groups in total. The van der Waals surface area contributed by atoms with Gasteiger partial charge in [0.15, 0.2) is 4.21 Å². The van der Waals surface area contributed by atoms with Gasteiger partial charge in [-0.1, -0.05) is 18.5 Å². The second-order valence-electron chi connectivity index (χ2n) is 7.83. The maximum Gasteiger partial charge on any atom is 0.349 e. The lowest BCUT2D eigenvalue weighted by molar-refractivity contribution is 0.124. The van der Waals surface area contributed by atoms with E-state index in [4.69, 9.17) is 20.5 Å². The summed E-state index contributed by atoms with van der Waals surface area (Å²) in [5, 5.41) is 4.76. The first-order chi connectivity index (χ1) is 13.8. The lowest BCUT2D eigenvalue weighted by Gasteiger charge is -2.35. The maximum absolute atomic E-state index is 13.1. The minimum atomic E-state index is -3.96. The third-order valence-electron chi connectivity index (χ3n) is 5.98. The molecule has 0 saturated carbocycles. The molecule has 0 radical (unpaired) electrons. The van der Waals surface area contributed by atoms with E-state index in [2.05, 4.69) is 12.2 Å². The monoisotopic (exact) mass is 449 g/mol. The number of piperidine rings is 1. The normalized spacial score (nSPS) is 23.5. The predicted octanol–water partition coefficient (Wildman–Crippen LogP) is 4.64. The van der Waals surface area contributed by atoms with Crippen LogP contribution in [0.25, 0.3) is 10.1 Å². The van der Waals surface area contributed by atoms with Gasteiger partial charge in [0.25, 0.3) is 0 Å². The van der Waals surface area contributed by atoms with Gasteiger partial charge in [0.1, 0.15) is 17.6 Å². The van der Waals surface area contributed by atoms with E-state index in [1.54, 1.807) is 31.2 Å². The van der Waals surface area contributed by atoms with Gasteiger partial charge in [-0.15, -0.1) is 11.3 Å². The van der Waals surface area contributed by atoms with Crippen LogP contribution in [0.1, 0.15) is 24.5 Å². The van der Waals surface area contributed by atoms with Crippen LogP contribution in [-0.4, -0.2) is 27.6 Å². The van der Waals surface area contributed by atoms with Crippen molar-refractivity contribution >= 4 is 43.1 Å². The number of hydrogen-bond acceptors (Lipinski definition) is 6. The lowest BCUT2D eigenvalue weighted by Crippen LogP contribution is -2.49. The molecule has 1 aromatic heterocycles. The van der Waals surface area contributed by atoms with Gasteiger partial charge in [-0.2, -0.15) is 8.42 Å². The lowest BCUT2D eigenvalue weighted by atomic mass is 9.74. The third kappa shape index (κ3) is 3.03. The Labute approximate surface area is 178 Å². The van der Waals surface area contributed by atoms with E-state index in [1.165, 1.54) is 11.3 Å². The fourth-order valence-electron chi connectivity index (χ4n) is 4.28. The molecule has 0 aliphatic carbocycles. The zero-order valence-corrected chi connectivity index (χ0v) is 18.4. The van der Waals surface area contributed by atoms with Gasteiger partial charge < -0.3 is 14.2 Å². The Balaban J connectivity index is 1.51. The second kappa shape index (κ2) is 6.60. The number of ether oxygens (including phenoxy) is 1. The van der Waals surface area contributed by atoms with E-state index < -0.39 is 10.1 Å². The topological polar surface area (TPSA) is 64.6 Å². The van der Waals surface area contributed by atoms with Gasteiger partial charge in [-0.25, -0.2) is 0 Å². The molecule has 0 amide bonds. The van der Waals surface area contributed by atoms with Crippen LogP contribution in [0.3, 0.4) is 0 Å². The highest BCUT2D eigenvalue weighted by Crippen LogP contribution is 2.47. The molecular formula is C21H20ClNO4S2. The molecule has 3 aromatic rings. The zero-order valence-electron chi connectivity index (χ0n) is 16.0. The quantitative estimate of drug-likeness (QED) is 0.590. The Kier molecular flexibility index (Phi) is 4.37. The number of halogens is 1. The van der Waals surface area contributed by atoms with Crippen LogP contribution in [0.4, 0.5) is 0 Å². The van der Waals surface area contributed by atoms with Gasteiger partial charge in [0.05, 0.1) is 0 Å². The van der Waals surface area contributed by atoms with Crippen LogP contribution < -0.4 is 14.2 Å². The summed E-state index contributed by atoms with van der Waals surface area (Å²) in [5.41, 5.74) is 1.52. The molecule has 0 spiro atoms. The molecule has 8 heteroatoms. The summed E-state index contributed by atoms with van der Waals surface area (Å²) in [7, 11) is -3.96. The highest BCUT2D eigenvalue weighted by atomic mass is 35.5. The van der Waals surface area contributed by atoms with Crippen molar-refractivity contribution < 1.29 is 17.3 Å². The summed E-state index contributed by atoms with van der Waals surface area (Å²) < 4.78 is 38.8. The van der Waals surface area contributed by atoms with Gasteiger partial charge in [0, 0.05) is 27.2 Å². The predicted molar refractivity (Wildman–Crippen MR) is 115 cm³/mol. The van der Waals surface area contributed by atoms with Crippen molar-refractivity contribution in [2.75, 3.05) is 13.1 Å². The Bertz CT molecular complexity index is 1240. The second-order valence-corrected chi connectivity index (χ2v) is 11.1. The molecule has 0 bridgehead atoms. The smallest absolute Gasteiger partial charge is 0.349 e. The number of thiophene rings is 1. The van der Waals surface area contributed by atoms with Crippen LogP contribution >= 0.6 is 22.9 Å². The molecule has 152 valence electrons. The van der Waals surface area contributed by atoms with E-state index in [9.17, 15) is 8.42 Å². The number of rotatable bonds is 3. The molecule has 5 rings (SSSR count). The van der Waals surface area contributed by atoms with E-state index in [1.807, 2.05) is 12.1 Å². The number of aryl methyl sites for hydroxylation is 1. The van der Waals surface area contributed by atoms with Crippen molar-refractivity contribution in [1.82, 2.24) is 5.32 Å². The first kappa shape index (κ1) is 19.2. The van der Waals surface area contributed by atoms with Crippen LogP contribution in [0.5, 0.6) is 11.5 Å². The molecule has 29 heavy (non-hydrogen) atoms. The van der Waals surface area contributed by atoms with E-state index in [0.29, 0.717) is 16.3 Å². The zero-order chi connectivity index (χ0) is 20.4. The van der Waals surface area contributed by atoms with Crippen molar-refractivity contribution in [2.24, 2.45) is 0 Å². The Morgan fingerprint density at radius 3 is 2.93 bits per heavy atom. The summed E-state index contributed by atoms with van der Waals surface area (Å²) in [6.45, 7) is 5.64. The van der Waals surface area contributed by atoms with Gasteiger partial charge in [-0.05, 0) is 67.2 Å². The highest BCUT2D eigenvalue weighted by Gasteiger charge is 2.46. The summed E-state index contributed by atoms with van der Waals surface area (Å²) in [6.07, 6.45) is 0.976. The number of benzene rings is 2. The molecule has 2 unspecified atom stereocenters. The average Bonchev–Trinajstić information content (AvgIpc) is 3.16. The van der Waals surface area contributed by atoms with Crippen molar-refractivity contribution in [3.8, 4) is 11.5 Å². The van der Waals surface area contributed by atoms with Crippen LogP contribution in [-0.2, 0) is 15.5 Å². The third-order valence-corrected chi connectivity index (χ3v) is 9.32. The minimum Gasteiger partial charge on any atom is -0.488 e. The largest absolute Gasteiger partial charge is 0.488 e. The molecule has 2 atom stereocenters. The Hall–Kier alpha value is -1.80. The van der Waals surface area contributed by atoms with Crippen LogP contribution in [0.15, 0.2) is 40.6 Å². The van der Waals surface area contributed by atoms with Gasteiger partial charge in [-0.3, -0.25) is 0 Å². The molecular weight excluding hydrogens is 430 g/mol. The summed E-state index contributed by atoms with van der Waals surface area (Å²) >= 11 is 7.27. The van der Waals surface area contributed by atoms with E-state index >= 15 is 0 Å².